The Labute approximate surface area is 96.4 Å². The molecule has 0 amide bonds. The van der Waals surface area contributed by atoms with E-state index in [0.717, 1.165) is 16.5 Å². The minimum atomic E-state index is 0.0384. The van der Waals surface area contributed by atoms with Gasteiger partial charge >= 0.3 is 0 Å². The van der Waals surface area contributed by atoms with Gasteiger partial charge in [0.2, 0.25) is 0 Å². The molecule has 3 rings (SSSR count). The van der Waals surface area contributed by atoms with E-state index in [4.69, 9.17) is 0 Å². The third-order valence-electron chi connectivity index (χ3n) is 2.60. The van der Waals surface area contributed by atoms with E-state index in [0.29, 0.717) is 0 Å². The van der Waals surface area contributed by atoms with Crippen LogP contribution in [0.2, 0.25) is 0 Å². The van der Waals surface area contributed by atoms with Crippen LogP contribution >= 0.6 is 11.3 Å². The van der Waals surface area contributed by atoms with Crippen LogP contribution in [0.3, 0.4) is 0 Å². The number of rotatable bonds is 1. The van der Waals surface area contributed by atoms with Gasteiger partial charge in [-0.2, -0.15) is 11.3 Å². The average molecular weight is 227 g/mol. The molecule has 0 aliphatic carbocycles. The fourth-order valence-electron chi connectivity index (χ4n) is 1.79. The lowest BCUT2D eigenvalue weighted by Gasteiger charge is -2.04. The molecule has 0 saturated heterocycles. The molecule has 0 aliphatic heterocycles. The summed E-state index contributed by atoms with van der Waals surface area (Å²) >= 11 is 1.59. The normalized spacial score (nSPS) is 10.8. The zero-order valence-electron chi connectivity index (χ0n) is 8.46. The standard InChI is InChI=1S/C13H9NOS/c15-13-12-4-2-1-3-10(12)5-7-14(13)11-6-8-16-9-11/h1-9H. The minimum Gasteiger partial charge on any atom is -0.283 e. The first kappa shape index (κ1) is 9.36. The van der Waals surface area contributed by atoms with E-state index in [9.17, 15) is 4.79 Å². The van der Waals surface area contributed by atoms with Crippen LogP contribution in [0.1, 0.15) is 0 Å². The highest BCUT2D eigenvalue weighted by atomic mass is 32.1. The van der Waals surface area contributed by atoms with Gasteiger partial charge in [0.05, 0.1) is 5.69 Å². The fraction of sp³-hybridized carbons (Fsp3) is 0. The van der Waals surface area contributed by atoms with Crippen molar-refractivity contribution in [2.45, 2.75) is 0 Å². The monoisotopic (exact) mass is 227 g/mol. The smallest absolute Gasteiger partial charge is 0.262 e. The van der Waals surface area contributed by atoms with Gasteiger partial charge in [-0.25, -0.2) is 0 Å². The van der Waals surface area contributed by atoms with E-state index in [1.54, 1.807) is 15.9 Å². The van der Waals surface area contributed by atoms with E-state index in [-0.39, 0.29) is 5.56 Å². The summed E-state index contributed by atoms with van der Waals surface area (Å²) in [5.41, 5.74) is 0.970. The summed E-state index contributed by atoms with van der Waals surface area (Å²) < 4.78 is 1.68. The fourth-order valence-corrected chi connectivity index (χ4v) is 2.42. The van der Waals surface area contributed by atoms with Gasteiger partial charge in [0.15, 0.2) is 0 Å². The first-order valence-corrected chi connectivity index (χ1v) is 5.93. The molecule has 2 aromatic heterocycles. The Bertz CT molecular complexity index is 682. The molecule has 16 heavy (non-hydrogen) atoms. The summed E-state index contributed by atoms with van der Waals surface area (Å²) in [7, 11) is 0. The SMILES string of the molecule is O=c1c2ccccc2ccn1-c1ccsc1. The van der Waals surface area contributed by atoms with Crippen LogP contribution in [0.15, 0.2) is 58.1 Å². The van der Waals surface area contributed by atoms with Gasteiger partial charge in [-0.15, -0.1) is 0 Å². The van der Waals surface area contributed by atoms with Crippen LogP contribution in [0.4, 0.5) is 0 Å². The molecule has 2 heterocycles. The van der Waals surface area contributed by atoms with Crippen LogP contribution in [-0.4, -0.2) is 4.57 Å². The predicted octanol–water partition coefficient (Wildman–Crippen LogP) is 3.05. The van der Waals surface area contributed by atoms with Gasteiger partial charge in [0, 0.05) is 17.0 Å². The minimum absolute atomic E-state index is 0.0384. The third kappa shape index (κ3) is 1.37. The Balaban J connectivity index is 2.37. The molecule has 3 heteroatoms. The zero-order valence-corrected chi connectivity index (χ0v) is 9.28. The quantitative estimate of drug-likeness (QED) is 0.626. The van der Waals surface area contributed by atoms with Gasteiger partial charge in [0.1, 0.15) is 0 Å². The number of hydrogen-bond donors (Lipinski definition) is 0. The highest BCUT2D eigenvalue weighted by Gasteiger charge is 2.03. The molecule has 1 aromatic carbocycles. The van der Waals surface area contributed by atoms with Crippen LogP contribution in [0, 0.1) is 0 Å². The molecule has 0 fully saturated rings. The van der Waals surface area contributed by atoms with Gasteiger partial charge in [0.25, 0.3) is 5.56 Å². The second kappa shape index (κ2) is 3.61. The average Bonchev–Trinajstić information content (AvgIpc) is 2.83. The Hall–Kier alpha value is -1.87. The van der Waals surface area contributed by atoms with E-state index >= 15 is 0 Å². The third-order valence-corrected chi connectivity index (χ3v) is 3.27. The van der Waals surface area contributed by atoms with E-state index < -0.39 is 0 Å². The highest BCUT2D eigenvalue weighted by Crippen LogP contribution is 2.13. The summed E-state index contributed by atoms with van der Waals surface area (Å²) in [5, 5.41) is 5.68. The molecule has 2 nitrogen and oxygen atoms in total. The molecular weight excluding hydrogens is 218 g/mol. The molecule has 0 bridgehead atoms. The maximum absolute atomic E-state index is 12.2. The van der Waals surface area contributed by atoms with Gasteiger partial charge in [-0.1, -0.05) is 18.2 Å². The lowest BCUT2D eigenvalue weighted by molar-refractivity contribution is 1.02. The van der Waals surface area contributed by atoms with Crippen molar-refractivity contribution < 1.29 is 0 Å². The number of hydrogen-bond acceptors (Lipinski definition) is 2. The second-order valence-electron chi connectivity index (χ2n) is 3.56. The Morgan fingerprint density at radius 3 is 2.75 bits per heavy atom. The van der Waals surface area contributed by atoms with Crippen LogP contribution < -0.4 is 5.56 Å². The zero-order chi connectivity index (χ0) is 11.0. The van der Waals surface area contributed by atoms with E-state index in [1.165, 1.54) is 0 Å². The van der Waals surface area contributed by atoms with Crippen molar-refractivity contribution in [1.29, 1.82) is 0 Å². The van der Waals surface area contributed by atoms with Gasteiger partial charge < -0.3 is 0 Å². The number of benzene rings is 1. The molecule has 0 unspecified atom stereocenters. The Morgan fingerprint density at radius 2 is 1.94 bits per heavy atom. The molecule has 0 spiro atoms. The first-order chi connectivity index (χ1) is 7.86. The Kier molecular flexibility index (Phi) is 2.11. The lowest BCUT2D eigenvalue weighted by atomic mass is 10.2. The maximum Gasteiger partial charge on any atom is 0.262 e. The van der Waals surface area contributed by atoms with Crippen molar-refractivity contribution in [2.75, 3.05) is 0 Å². The molecule has 78 valence electrons. The van der Waals surface area contributed by atoms with Gasteiger partial charge in [-0.3, -0.25) is 9.36 Å². The van der Waals surface area contributed by atoms with E-state index in [2.05, 4.69) is 0 Å². The molecule has 3 aromatic rings. The highest BCUT2D eigenvalue weighted by molar-refractivity contribution is 7.08. The first-order valence-electron chi connectivity index (χ1n) is 4.99. The summed E-state index contributed by atoms with van der Waals surface area (Å²) in [6.07, 6.45) is 1.83. The van der Waals surface area contributed by atoms with Crippen molar-refractivity contribution in [2.24, 2.45) is 0 Å². The summed E-state index contributed by atoms with van der Waals surface area (Å²) in [5.74, 6) is 0. The summed E-state index contributed by atoms with van der Waals surface area (Å²) in [6.45, 7) is 0. The molecule has 0 saturated carbocycles. The van der Waals surface area contributed by atoms with Crippen molar-refractivity contribution in [3.8, 4) is 5.69 Å². The molecule has 0 N–H and O–H groups in total. The second-order valence-corrected chi connectivity index (χ2v) is 4.34. The largest absolute Gasteiger partial charge is 0.283 e. The number of fused-ring (bicyclic) bond motifs is 1. The topological polar surface area (TPSA) is 22.0 Å². The molecule has 0 atom stereocenters. The molecule has 0 radical (unpaired) electrons. The van der Waals surface area contributed by atoms with Crippen LogP contribution in [-0.2, 0) is 0 Å². The van der Waals surface area contributed by atoms with Crippen molar-refractivity contribution in [1.82, 2.24) is 4.57 Å². The van der Waals surface area contributed by atoms with Crippen LogP contribution in [0.25, 0.3) is 16.5 Å². The van der Waals surface area contributed by atoms with Crippen LogP contribution in [0.5, 0.6) is 0 Å². The van der Waals surface area contributed by atoms with Gasteiger partial charge in [-0.05, 0) is 29.0 Å². The number of aromatic nitrogens is 1. The summed E-state index contributed by atoms with van der Waals surface area (Å²) in [4.78, 5) is 12.2. The number of pyridine rings is 1. The lowest BCUT2D eigenvalue weighted by Crippen LogP contribution is -2.16. The van der Waals surface area contributed by atoms with Crippen molar-refractivity contribution >= 4 is 22.1 Å². The molecule has 0 aliphatic rings. The summed E-state index contributed by atoms with van der Waals surface area (Å²) in [6, 6.07) is 11.6. The predicted molar refractivity (Wildman–Crippen MR) is 67.4 cm³/mol. The van der Waals surface area contributed by atoms with E-state index in [1.807, 2.05) is 53.4 Å². The Morgan fingerprint density at radius 1 is 1.06 bits per heavy atom. The number of thiophene rings is 1. The van der Waals surface area contributed by atoms with Crippen molar-refractivity contribution in [3.63, 3.8) is 0 Å². The van der Waals surface area contributed by atoms with Crippen molar-refractivity contribution in [3.05, 3.63) is 63.7 Å². The number of nitrogens with zero attached hydrogens (tertiary/aromatic N) is 1. The maximum atomic E-state index is 12.2. The molecular formula is C13H9NOS.